The van der Waals surface area contributed by atoms with Gasteiger partial charge in [-0.2, -0.15) is 0 Å². The molecule has 0 aliphatic carbocycles. The SMILES string of the molecule is CCC1=NC(CC)(COC(C)=O)CO1. The maximum absolute atomic E-state index is 10.7. The highest BCUT2D eigenvalue weighted by Crippen LogP contribution is 2.24. The van der Waals surface area contributed by atoms with Gasteiger partial charge < -0.3 is 9.47 Å². The molecular formula is C10H17NO3. The zero-order valence-corrected chi connectivity index (χ0v) is 9.00. The highest BCUT2D eigenvalue weighted by atomic mass is 16.5. The highest BCUT2D eigenvalue weighted by Gasteiger charge is 2.35. The minimum atomic E-state index is -0.336. The molecule has 1 heterocycles. The summed E-state index contributed by atoms with van der Waals surface area (Å²) in [5.41, 5.74) is -0.336. The predicted octanol–water partition coefficient (Wildman–Crippen LogP) is 1.54. The van der Waals surface area contributed by atoms with Crippen LogP contribution >= 0.6 is 0 Å². The Bertz CT molecular complexity index is 250. The van der Waals surface area contributed by atoms with Crippen molar-refractivity contribution in [3.05, 3.63) is 0 Å². The van der Waals surface area contributed by atoms with E-state index < -0.39 is 0 Å². The second-order valence-electron chi connectivity index (χ2n) is 3.51. The van der Waals surface area contributed by atoms with Crippen LogP contribution in [0.4, 0.5) is 0 Å². The van der Waals surface area contributed by atoms with Gasteiger partial charge in [-0.15, -0.1) is 0 Å². The molecular weight excluding hydrogens is 182 g/mol. The summed E-state index contributed by atoms with van der Waals surface area (Å²) in [6, 6.07) is 0. The van der Waals surface area contributed by atoms with Gasteiger partial charge in [0.15, 0.2) is 5.90 Å². The normalized spacial score (nSPS) is 25.5. The van der Waals surface area contributed by atoms with Crippen LogP contribution in [0.3, 0.4) is 0 Å². The first kappa shape index (κ1) is 11.0. The molecule has 0 saturated carbocycles. The molecule has 1 aliphatic rings. The van der Waals surface area contributed by atoms with Crippen LogP contribution in [0.25, 0.3) is 0 Å². The van der Waals surface area contributed by atoms with Crippen molar-refractivity contribution in [1.82, 2.24) is 0 Å². The molecule has 0 spiro atoms. The van der Waals surface area contributed by atoms with Crippen molar-refractivity contribution in [1.29, 1.82) is 0 Å². The molecule has 1 unspecified atom stereocenters. The number of hydrogen-bond donors (Lipinski definition) is 0. The van der Waals surface area contributed by atoms with Gasteiger partial charge in [-0.1, -0.05) is 13.8 Å². The number of aliphatic imine (C=N–C) groups is 1. The van der Waals surface area contributed by atoms with E-state index in [2.05, 4.69) is 4.99 Å². The first-order valence-electron chi connectivity index (χ1n) is 4.97. The van der Waals surface area contributed by atoms with Crippen molar-refractivity contribution in [2.75, 3.05) is 13.2 Å². The first-order valence-corrected chi connectivity index (χ1v) is 4.97. The van der Waals surface area contributed by atoms with Gasteiger partial charge >= 0.3 is 5.97 Å². The maximum atomic E-state index is 10.7. The summed E-state index contributed by atoms with van der Waals surface area (Å²) in [5, 5.41) is 0. The van der Waals surface area contributed by atoms with Gasteiger partial charge in [0.2, 0.25) is 0 Å². The largest absolute Gasteiger partial charge is 0.478 e. The minimum absolute atomic E-state index is 0.266. The van der Waals surface area contributed by atoms with Crippen LogP contribution in [0.5, 0.6) is 0 Å². The van der Waals surface area contributed by atoms with E-state index >= 15 is 0 Å². The average Bonchev–Trinajstić information content (AvgIpc) is 2.59. The molecule has 14 heavy (non-hydrogen) atoms. The number of esters is 1. The van der Waals surface area contributed by atoms with Crippen molar-refractivity contribution in [2.24, 2.45) is 4.99 Å². The van der Waals surface area contributed by atoms with E-state index in [1.165, 1.54) is 6.92 Å². The number of nitrogens with zero attached hydrogens (tertiary/aromatic N) is 1. The molecule has 0 aromatic heterocycles. The summed E-state index contributed by atoms with van der Waals surface area (Å²) in [6.07, 6.45) is 1.62. The van der Waals surface area contributed by atoms with Crippen LogP contribution in [0.1, 0.15) is 33.6 Å². The minimum Gasteiger partial charge on any atom is -0.478 e. The Morgan fingerprint density at radius 1 is 1.64 bits per heavy atom. The van der Waals surface area contributed by atoms with E-state index in [1.54, 1.807) is 0 Å². The van der Waals surface area contributed by atoms with E-state index in [9.17, 15) is 4.79 Å². The molecule has 0 fully saturated rings. The Kier molecular flexibility index (Phi) is 3.49. The van der Waals surface area contributed by atoms with Gasteiger partial charge in [0.05, 0.1) is 0 Å². The molecule has 1 aliphatic heterocycles. The molecule has 1 rings (SSSR count). The lowest BCUT2D eigenvalue weighted by Gasteiger charge is -2.21. The van der Waals surface area contributed by atoms with Gasteiger partial charge in [0, 0.05) is 13.3 Å². The first-order chi connectivity index (χ1) is 6.62. The molecule has 0 amide bonds. The smallest absolute Gasteiger partial charge is 0.302 e. The monoisotopic (exact) mass is 199 g/mol. The van der Waals surface area contributed by atoms with Gasteiger partial charge in [-0.25, -0.2) is 4.99 Å². The fourth-order valence-electron chi connectivity index (χ4n) is 1.32. The van der Waals surface area contributed by atoms with Crippen LogP contribution in [-0.2, 0) is 14.3 Å². The van der Waals surface area contributed by atoms with Crippen LogP contribution in [0.15, 0.2) is 4.99 Å². The van der Waals surface area contributed by atoms with Crippen LogP contribution < -0.4 is 0 Å². The Labute approximate surface area is 84.3 Å². The van der Waals surface area contributed by atoms with Crippen LogP contribution in [-0.4, -0.2) is 30.6 Å². The van der Waals surface area contributed by atoms with Gasteiger partial charge in [0.1, 0.15) is 18.8 Å². The molecule has 0 aromatic rings. The zero-order chi connectivity index (χ0) is 10.6. The topological polar surface area (TPSA) is 47.9 Å². The summed E-state index contributed by atoms with van der Waals surface area (Å²) < 4.78 is 10.4. The van der Waals surface area contributed by atoms with E-state index in [-0.39, 0.29) is 11.5 Å². The summed E-state index contributed by atoms with van der Waals surface area (Å²) >= 11 is 0. The van der Waals surface area contributed by atoms with Crippen molar-refractivity contribution in [2.45, 2.75) is 39.2 Å². The van der Waals surface area contributed by atoms with Crippen molar-refractivity contribution < 1.29 is 14.3 Å². The van der Waals surface area contributed by atoms with Gasteiger partial charge in [0.25, 0.3) is 0 Å². The van der Waals surface area contributed by atoms with Crippen molar-refractivity contribution in [3.8, 4) is 0 Å². The maximum Gasteiger partial charge on any atom is 0.302 e. The summed E-state index contributed by atoms with van der Waals surface area (Å²) in [4.78, 5) is 15.1. The second kappa shape index (κ2) is 4.44. The molecule has 0 bridgehead atoms. The quantitative estimate of drug-likeness (QED) is 0.645. The summed E-state index contributed by atoms with van der Waals surface area (Å²) in [6.45, 7) is 6.28. The standard InChI is InChI=1S/C10H17NO3/c1-4-9-11-10(5-2,7-14-9)6-13-8(3)12/h4-7H2,1-3H3. The number of carbonyl (C=O) groups excluding carboxylic acids is 1. The van der Waals surface area contributed by atoms with Gasteiger partial charge in [-0.3, -0.25) is 4.79 Å². The van der Waals surface area contributed by atoms with E-state index in [1.807, 2.05) is 13.8 Å². The lowest BCUT2D eigenvalue weighted by Crippen LogP contribution is -2.34. The Morgan fingerprint density at radius 3 is 2.79 bits per heavy atom. The molecule has 0 radical (unpaired) electrons. The van der Waals surface area contributed by atoms with Crippen molar-refractivity contribution >= 4 is 11.9 Å². The molecule has 80 valence electrons. The van der Waals surface area contributed by atoms with Crippen LogP contribution in [0, 0.1) is 0 Å². The number of hydrogen-bond acceptors (Lipinski definition) is 4. The molecule has 4 nitrogen and oxygen atoms in total. The highest BCUT2D eigenvalue weighted by molar-refractivity contribution is 5.78. The Hall–Kier alpha value is -1.06. The molecule has 0 aromatic carbocycles. The molecule has 1 atom stereocenters. The molecule has 0 saturated heterocycles. The van der Waals surface area contributed by atoms with E-state index in [4.69, 9.17) is 9.47 Å². The molecule has 4 heteroatoms. The third-order valence-electron chi connectivity index (χ3n) is 2.37. The Balaban J connectivity index is 2.59. The van der Waals surface area contributed by atoms with E-state index in [0.29, 0.717) is 13.2 Å². The fraction of sp³-hybridized carbons (Fsp3) is 0.800. The lowest BCUT2D eigenvalue weighted by molar-refractivity contribution is -0.142. The fourth-order valence-corrected chi connectivity index (χ4v) is 1.32. The summed E-state index contributed by atoms with van der Waals surface area (Å²) in [7, 11) is 0. The second-order valence-corrected chi connectivity index (χ2v) is 3.51. The lowest BCUT2D eigenvalue weighted by atomic mass is 10.0. The average molecular weight is 199 g/mol. The predicted molar refractivity (Wildman–Crippen MR) is 53.3 cm³/mol. The number of rotatable bonds is 4. The number of carbonyl (C=O) groups is 1. The number of ether oxygens (including phenoxy) is 2. The van der Waals surface area contributed by atoms with Crippen LogP contribution in [0.2, 0.25) is 0 Å². The van der Waals surface area contributed by atoms with E-state index in [0.717, 1.165) is 18.7 Å². The molecule has 0 N–H and O–H groups in total. The van der Waals surface area contributed by atoms with Gasteiger partial charge in [-0.05, 0) is 6.42 Å². The summed E-state index contributed by atoms with van der Waals surface area (Å²) in [5.74, 6) is 0.497. The zero-order valence-electron chi connectivity index (χ0n) is 9.00. The third-order valence-corrected chi connectivity index (χ3v) is 2.37. The third kappa shape index (κ3) is 2.47. The Morgan fingerprint density at radius 2 is 2.36 bits per heavy atom. The van der Waals surface area contributed by atoms with Crippen molar-refractivity contribution in [3.63, 3.8) is 0 Å².